The van der Waals surface area contributed by atoms with E-state index in [1.807, 2.05) is 0 Å². The highest BCUT2D eigenvalue weighted by Gasteiger charge is 2.26. The summed E-state index contributed by atoms with van der Waals surface area (Å²) in [5, 5.41) is 0. The van der Waals surface area contributed by atoms with E-state index in [0.29, 0.717) is 6.42 Å². The number of carbonyl (C=O) groups is 2. The van der Waals surface area contributed by atoms with E-state index in [-0.39, 0.29) is 38.6 Å². The summed E-state index contributed by atoms with van der Waals surface area (Å²) < 4.78 is 33.0. The van der Waals surface area contributed by atoms with Crippen LogP contribution in [-0.4, -0.2) is 49.3 Å². The number of hydrogen-bond donors (Lipinski definition) is 2. The predicted molar refractivity (Wildman–Crippen MR) is 293 cm³/mol. The molecule has 3 N–H and O–H groups in total. The van der Waals surface area contributed by atoms with Crippen molar-refractivity contribution in [3.63, 3.8) is 0 Å². The molecule has 2 unspecified atom stereocenters. The molecule has 0 amide bonds. The van der Waals surface area contributed by atoms with Gasteiger partial charge in [0, 0.05) is 19.4 Å². The average molecular weight is 993 g/mol. The molecule has 0 aliphatic carbocycles. The number of rotatable bonds is 55. The molecule has 0 saturated heterocycles. The molecule has 0 spiro atoms. The average Bonchev–Trinajstić information content (AvgIpc) is 3.34. The summed E-state index contributed by atoms with van der Waals surface area (Å²) in [5.41, 5.74) is 5.38. The molecule has 0 fully saturated rings. The third-order valence-corrected chi connectivity index (χ3v) is 13.7. The highest BCUT2D eigenvalue weighted by Crippen LogP contribution is 2.43. The molecule has 0 aromatic rings. The van der Waals surface area contributed by atoms with Crippen LogP contribution in [0.15, 0.2) is 48.6 Å². The Hall–Kier alpha value is -2.03. The van der Waals surface area contributed by atoms with Crippen LogP contribution in [0.2, 0.25) is 0 Å². The Morgan fingerprint density at radius 3 is 1.13 bits per heavy atom. The van der Waals surface area contributed by atoms with Crippen molar-refractivity contribution in [1.29, 1.82) is 0 Å². The zero-order valence-electron chi connectivity index (χ0n) is 45.1. The van der Waals surface area contributed by atoms with E-state index in [1.54, 1.807) is 0 Å². The second-order valence-electron chi connectivity index (χ2n) is 19.5. The molecular weight excluding hydrogens is 882 g/mol. The Labute approximate surface area is 426 Å². The van der Waals surface area contributed by atoms with Crippen LogP contribution in [0.1, 0.15) is 284 Å². The fourth-order valence-corrected chi connectivity index (χ4v) is 9.11. The van der Waals surface area contributed by atoms with Crippen molar-refractivity contribution in [2.45, 2.75) is 290 Å². The van der Waals surface area contributed by atoms with E-state index in [1.165, 1.54) is 193 Å². The molecule has 0 aromatic carbocycles. The van der Waals surface area contributed by atoms with Crippen molar-refractivity contribution in [2.24, 2.45) is 5.73 Å². The van der Waals surface area contributed by atoms with Crippen LogP contribution in [0, 0.1) is 0 Å². The van der Waals surface area contributed by atoms with Crippen molar-refractivity contribution in [3.8, 4) is 0 Å². The maximum absolute atomic E-state index is 12.7. The van der Waals surface area contributed by atoms with Crippen LogP contribution in [0.3, 0.4) is 0 Å². The Morgan fingerprint density at radius 1 is 0.435 bits per heavy atom. The van der Waals surface area contributed by atoms with E-state index in [4.69, 9.17) is 24.3 Å². The highest BCUT2D eigenvalue weighted by molar-refractivity contribution is 7.47. The van der Waals surface area contributed by atoms with Gasteiger partial charge in [-0.15, -0.1) is 0 Å². The summed E-state index contributed by atoms with van der Waals surface area (Å²) in [6, 6.07) is 0. The van der Waals surface area contributed by atoms with Gasteiger partial charge in [0.25, 0.3) is 0 Å². The molecule has 10 heteroatoms. The number of carbonyl (C=O) groups excluding carboxylic acids is 2. The van der Waals surface area contributed by atoms with Gasteiger partial charge < -0.3 is 20.1 Å². The number of phosphoric ester groups is 1. The van der Waals surface area contributed by atoms with E-state index < -0.39 is 26.5 Å². The largest absolute Gasteiger partial charge is 0.472 e. The van der Waals surface area contributed by atoms with Gasteiger partial charge in [-0.25, -0.2) is 4.57 Å². The Kier molecular flexibility index (Phi) is 53.7. The molecule has 0 rings (SSSR count). The first-order valence-electron chi connectivity index (χ1n) is 29.1. The van der Waals surface area contributed by atoms with E-state index >= 15 is 0 Å². The third kappa shape index (κ3) is 55.1. The lowest BCUT2D eigenvalue weighted by Crippen LogP contribution is -2.29. The van der Waals surface area contributed by atoms with Crippen molar-refractivity contribution >= 4 is 19.8 Å². The zero-order valence-corrected chi connectivity index (χ0v) is 45.9. The summed E-state index contributed by atoms with van der Waals surface area (Å²) in [6.45, 7) is 3.76. The maximum Gasteiger partial charge on any atom is 0.472 e. The van der Waals surface area contributed by atoms with Gasteiger partial charge in [0.15, 0.2) is 6.10 Å². The fourth-order valence-electron chi connectivity index (χ4n) is 8.35. The number of allylic oxidation sites excluding steroid dienone is 8. The molecule has 0 radical (unpaired) electrons. The van der Waals surface area contributed by atoms with E-state index in [2.05, 4.69) is 62.5 Å². The minimum absolute atomic E-state index is 0.0522. The molecule has 2 atom stereocenters. The smallest absolute Gasteiger partial charge is 0.462 e. The number of nitrogens with two attached hydrogens (primary N) is 1. The highest BCUT2D eigenvalue weighted by atomic mass is 31.2. The minimum atomic E-state index is -4.39. The monoisotopic (exact) mass is 992 g/mol. The summed E-state index contributed by atoms with van der Waals surface area (Å²) >= 11 is 0. The molecule has 9 nitrogen and oxygen atoms in total. The number of phosphoric acid groups is 1. The molecule has 69 heavy (non-hydrogen) atoms. The molecule has 0 heterocycles. The summed E-state index contributed by atoms with van der Waals surface area (Å²) in [6.07, 6.45) is 67.3. The van der Waals surface area contributed by atoms with Crippen LogP contribution in [0.25, 0.3) is 0 Å². The van der Waals surface area contributed by atoms with E-state index in [9.17, 15) is 19.0 Å². The van der Waals surface area contributed by atoms with Gasteiger partial charge >= 0.3 is 19.8 Å². The quantitative estimate of drug-likeness (QED) is 0.0264. The van der Waals surface area contributed by atoms with E-state index in [0.717, 1.165) is 57.8 Å². The molecule has 0 bridgehead atoms. The number of esters is 2. The van der Waals surface area contributed by atoms with Crippen LogP contribution in [0.5, 0.6) is 0 Å². The lowest BCUT2D eigenvalue weighted by molar-refractivity contribution is -0.161. The van der Waals surface area contributed by atoms with Gasteiger partial charge in [0.2, 0.25) is 0 Å². The van der Waals surface area contributed by atoms with Crippen LogP contribution in [-0.2, 0) is 32.7 Å². The van der Waals surface area contributed by atoms with Crippen LogP contribution < -0.4 is 5.73 Å². The van der Waals surface area contributed by atoms with Gasteiger partial charge in [-0.3, -0.25) is 18.6 Å². The van der Waals surface area contributed by atoms with Gasteiger partial charge in [0.05, 0.1) is 13.2 Å². The lowest BCUT2D eigenvalue weighted by Gasteiger charge is -2.19. The molecule has 0 saturated carbocycles. The number of ether oxygens (including phenoxy) is 2. The van der Waals surface area contributed by atoms with Crippen LogP contribution >= 0.6 is 7.82 Å². The molecule has 0 aliphatic rings. The normalized spacial score (nSPS) is 13.4. The summed E-state index contributed by atoms with van der Waals surface area (Å²) in [4.78, 5) is 35.2. The topological polar surface area (TPSA) is 134 Å². The zero-order chi connectivity index (χ0) is 50.2. The van der Waals surface area contributed by atoms with Gasteiger partial charge in [0.1, 0.15) is 6.61 Å². The Bertz CT molecular complexity index is 1270. The third-order valence-electron chi connectivity index (χ3n) is 12.7. The molecule has 0 aromatic heterocycles. The Balaban J connectivity index is 3.98. The lowest BCUT2D eigenvalue weighted by atomic mass is 10.0. The first-order valence-corrected chi connectivity index (χ1v) is 30.6. The number of hydrogen-bond acceptors (Lipinski definition) is 8. The Morgan fingerprint density at radius 2 is 0.754 bits per heavy atom. The second-order valence-corrected chi connectivity index (χ2v) is 21.0. The SMILES string of the molecule is CCCCCCC/C=C\C/C=C\C/C=C\CCCCCCCCCCCCC(=O)OC(COC(=O)CCCCCCCCCCCCC/C=C\CCCCCCCCCC)COP(=O)(O)OCCN. The van der Waals surface area contributed by atoms with Crippen molar-refractivity contribution in [2.75, 3.05) is 26.4 Å². The standard InChI is InChI=1S/C59H110NO8P/c1-3-5-7-9-11-13-15-17-19-21-23-25-27-28-30-32-34-36-38-40-42-44-46-48-50-52-59(62)68-57(56-67-69(63,64)66-54-53-60)55-65-58(61)51-49-47-45-43-41-39-37-35-33-31-29-26-24-22-20-18-16-14-12-10-8-6-4-2/h15,17,21-24,27-28,57H,3-14,16,18-20,25-26,29-56,60H2,1-2H3,(H,63,64)/b17-15-,23-21-,24-22-,28-27-. The van der Waals surface area contributed by atoms with Crippen molar-refractivity contribution in [1.82, 2.24) is 0 Å². The first kappa shape index (κ1) is 67.0. The minimum Gasteiger partial charge on any atom is -0.462 e. The molecular formula is C59H110NO8P. The van der Waals surface area contributed by atoms with Gasteiger partial charge in [-0.05, 0) is 77.0 Å². The number of unbranched alkanes of at least 4 members (excludes halogenated alkanes) is 34. The first-order chi connectivity index (χ1) is 33.8. The second kappa shape index (κ2) is 55.3. The van der Waals surface area contributed by atoms with Crippen molar-refractivity contribution < 1.29 is 37.6 Å². The van der Waals surface area contributed by atoms with Gasteiger partial charge in [-0.2, -0.15) is 0 Å². The summed E-state index contributed by atoms with van der Waals surface area (Å²) in [7, 11) is -4.39. The molecule has 404 valence electrons. The van der Waals surface area contributed by atoms with Crippen LogP contribution in [0.4, 0.5) is 0 Å². The van der Waals surface area contributed by atoms with Crippen molar-refractivity contribution in [3.05, 3.63) is 48.6 Å². The molecule has 0 aliphatic heterocycles. The summed E-state index contributed by atoms with van der Waals surface area (Å²) in [5.74, 6) is -0.824. The predicted octanol–water partition coefficient (Wildman–Crippen LogP) is 18.2. The maximum atomic E-state index is 12.7. The van der Waals surface area contributed by atoms with Gasteiger partial charge in [-0.1, -0.05) is 242 Å². The fraction of sp³-hybridized carbons (Fsp3) is 0.831.